The minimum Gasteiger partial charge on any atom is -0.490 e. The minimum absolute atomic E-state index is 0.0441. The predicted octanol–water partition coefficient (Wildman–Crippen LogP) is 1.99. The maximum Gasteiger partial charge on any atom is 0.233 e. The van der Waals surface area contributed by atoms with E-state index in [2.05, 4.69) is 22.4 Å². The van der Waals surface area contributed by atoms with Gasteiger partial charge in [-0.15, -0.1) is 0 Å². The third kappa shape index (κ3) is 3.24. The van der Waals surface area contributed by atoms with E-state index in [1.165, 1.54) is 0 Å². The number of carbonyl (C=O) groups is 1. The van der Waals surface area contributed by atoms with E-state index in [1.807, 2.05) is 35.2 Å². The largest absolute Gasteiger partial charge is 0.490 e. The fourth-order valence-electron chi connectivity index (χ4n) is 3.59. The van der Waals surface area contributed by atoms with Gasteiger partial charge in [0, 0.05) is 25.8 Å². The number of pyridine rings is 1. The van der Waals surface area contributed by atoms with Gasteiger partial charge in [0.05, 0.1) is 17.7 Å². The van der Waals surface area contributed by atoms with Gasteiger partial charge in [-0.05, 0) is 30.5 Å². The second-order valence-electron chi connectivity index (χ2n) is 6.80. The van der Waals surface area contributed by atoms with Gasteiger partial charge in [0.15, 0.2) is 0 Å². The summed E-state index contributed by atoms with van der Waals surface area (Å²) in [6, 6.07) is 14.0. The van der Waals surface area contributed by atoms with E-state index in [4.69, 9.17) is 4.74 Å². The van der Waals surface area contributed by atoms with Gasteiger partial charge in [-0.3, -0.25) is 9.78 Å². The first kappa shape index (κ1) is 16.1. The lowest BCUT2D eigenvalue weighted by Crippen LogP contribution is -2.58. The third-order valence-electron chi connectivity index (χ3n) is 5.17. The molecule has 1 aliphatic heterocycles. The van der Waals surface area contributed by atoms with Crippen molar-refractivity contribution in [1.82, 2.24) is 15.2 Å². The normalized spacial score (nSPS) is 21.6. The van der Waals surface area contributed by atoms with Crippen LogP contribution < -0.4 is 10.1 Å². The number of carbonyl (C=O) groups excluding carboxylic acids is 1. The highest BCUT2D eigenvalue weighted by atomic mass is 16.5. The zero-order chi connectivity index (χ0) is 17.1. The molecule has 4 rings (SSSR count). The molecule has 25 heavy (non-hydrogen) atoms. The highest BCUT2D eigenvalue weighted by molar-refractivity contribution is 5.91. The van der Waals surface area contributed by atoms with Crippen molar-refractivity contribution in [1.29, 1.82) is 0 Å². The monoisotopic (exact) mass is 337 g/mol. The molecule has 2 fully saturated rings. The Balaban J connectivity index is 1.48. The lowest BCUT2D eigenvalue weighted by molar-refractivity contribution is -0.138. The summed E-state index contributed by atoms with van der Waals surface area (Å²) >= 11 is 0. The molecule has 1 amide bonds. The molecule has 1 N–H and O–H groups in total. The van der Waals surface area contributed by atoms with Gasteiger partial charge in [-0.25, -0.2) is 0 Å². The first-order valence-corrected chi connectivity index (χ1v) is 8.90. The molecular formula is C20H23N3O2. The number of amides is 1. The minimum atomic E-state index is -0.314. The number of rotatable bonds is 5. The molecule has 2 aliphatic rings. The molecule has 2 heterocycles. The van der Waals surface area contributed by atoms with Crippen LogP contribution in [0.4, 0.5) is 0 Å². The van der Waals surface area contributed by atoms with Crippen molar-refractivity contribution in [2.45, 2.75) is 24.3 Å². The molecule has 1 aliphatic carbocycles. The fourth-order valence-corrected chi connectivity index (χ4v) is 3.59. The lowest BCUT2D eigenvalue weighted by atomic mass is 9.93. The molecule has 130 valence electrons. The van der Waals surface area contributed by atoms with Crippen LogP contribution in [0.5, 0.6) is 5.75 Å². The van der Waals surface area contributed by atoms with E-state index < -0.39 is 0 Å². The zero-order valence-corrected chi connectivity index (χ0v) is 14.2. The Morgan fingerprint density at radius 2 is 2.08 bits per heavy atom. The molecule has 5 nitrogen and oxygen atoms in total. The van der Waals surface area contributed by atoms with Crippen LogP contribution in [0.25, 0.3) is 0 Å². The summed E-state index contributed by atoms with van der Waals surface area (Å²) in [6.45, 7) is 2.81. The van der Waals surface area contributed by atoms with Crippen molar-refractivity contribution in [3.05, 3.63) is 60.4 Å². The van der Waals surface area contributed by atoms with Gasteiger partial charge in [0.1, 0.15) is 12.4 Å². The molecule has 1 aromatic carbocycles. The quantitative estimate of drug-likeness (QED) is 0.907. The number of nitrogens with zero attached hydrogens (tertiary/aromatic N) is 2. The molecule has 1 aromatic heterocycles. The Kier molecular flexibility index (Phi) is 4.40. The van der Waals surface area contributed by atoms with Crippen LogP contribution in [-0.4, -0.2) is 48.1 Å². The van der Waals surface area contributed by atoms with Crippen LogP contribution in [0.15, 0.2) is 54.9 Å². The topological polar surface area (TPSA) is 54.5 Å². The van der Waals surface area contributed by atoms with Crippen molar-refractivity contribution in [3.63, 3.8) is 0 Å². The predicted molar refractivity (Wildman–Crippen MR) is 95.5 cm³/mol. The van der Waals surface area contributed by atoms with Gasteiger partial charge >= 0.3 is 0 Å². The van der Waals surface area contributed by atoms with Crippen LogP contribution >= 0.6 is 0 Å². The van der Waals surface area contributed by atoms with E-state index >= 15 is 0 Å². The summed E-state index contributed by atoms with van der Waals surface area (Å²) < 4.78 is 5.87. The Bertz CT molecular complexity index is 716. The number of hydrogen-bond donors (Lipinski definition) is 1. The second-order valence-corrected chi connectivity index (χ2v) is 6.80. The first-order valence-electron chi connectivity index (χ1n) is 8.90. The van der Waals surface area contributed by atoms with E-state index in [1.54, 1.807) is 12.4 Å². The Morgan fingerprint density at radius 3 is 2.80 bits per heavy atom. The number of hydrogen-bond acceptors (Lipinski definition) is 4. The highest BCUT2D eigenvalue weighted by Gasteiger charge is 2.54. The summed E-state index contributed by atoms with van der Waals surface area (Å²) in [5, 5.41) is 3.38. The summed E-state index contributed by atoms with van der Waals surface area (Å²) in [5.74, 6) is 0.990. The first-order chi connectivity index (χ1) is 12.3. The summed E-state index contributed by atoms with van der Waals surface area (Å²) in [4.78, 5) is 19.4. The van der Waals surface area contributed by atoms with Crippen LogP contribution in [0, 0.1) is 0 Å². The fraction of sp³-hybridized carbons (Fsp3) is 0.400. The zero-order valence-electron chi connectivity index (χ0n) is 14.2. The standard InChI is InChI=1S/C20H23N3O2/c24-19(20(8-9-20)16-5-2-1-3-6-16)23-12-11-22-13-17(23)15-25-18-7-4-10-21-14-18/h1-7,10,14,17,22H,8-9,11-13,15H2. The van der Waals surface area contributed by atoms with Gasteiger partial charge in [-0.2, -0.15) is 0 Å². The number of nitrogens with one attached hydrogen (secondary N) is 1. The Morgan fingerprint density at radius 1 is 1.24 bits per heavy atom. The Hall–Kier alpha value is -2.40. The average Bonchev–Trinajstić information content (AvgIpc) is 3.50. The van der Waals surface area contributed by atoms with Crippen LogP contribution in [0.3, 0.4) is 0 Å². The average molecular weight is 337 g/mol. The summed E-state index contributed by atoms with van der Waals surface area (Å²) in [6.07, 6.45) is 5.31. The molecule has 1 saturated heterocycles. The smallest absolute Gasteiger partial charge is 0.233 e. The van der Waals surface area contributed by atoms with Crippen molar-refractivity contribution < 1.29 is 9.53 Å². The molecule has 0 radical (unpaired) electrons. The van der Waals surface area contributed by atoms with E-state index in [-0.39, 0.29) is 17.4 Å². The number of ether oxygens (including phenoxy) is 1. The summed E-state index contributed by atoms with van der Waals surface area (Å²) in [7, 11) is 0. The highest BCUT2D eigenvalue weighted by Crippen LogP contribution is 2.49. The van der Waals surface area contributed by atoms with Crippen molar-refractivity contribution in [3.8, 4) is 5.75 Å². The molecule has 1 atom stereocenters. The van der Waals surface area contributed by atoms with E-state index in [0.29, 0.717) is 6.61 Å². The second kappa shape index (κ2) is 6.84. The van der Waals surface area contributed by atoms with E-state index in [0.717, 1.165) is 43.8 Å². The number of aromatic nitrogens is 1. The molecule has 1 saturated carbocycles. The van der Waals surface area contributed by atoms with Gasteiger partial charge in [-0.1, -0.05) is 30.3 Å². The van der Waals surface area contributed by atoms with Crippen LogP contribution in [0.2, 0.25) is 0 Å². The molecule has 0 bridgehead atoms. The SMILES string of the molecule is O=C(N1CCNCC1COc1cccnc1)C1(c2ccccc2)CC1. The van der Waals surface area contributed by atoms with Crippen molar-refractivity contribution in [2.75, 3.05) is 26.2 Å². The molecular weight excluding hydrogens is 314 g/mol. The lowest BCUT2D eigenvalue weighted by Gasteiger charge is -2.38. The molecule has 0 spiro atoms. The van der Waals surface area contributed by atoms with Crippen molar-refractivity contribution >= 4 is 5.91 Å². The van der Waals surface area contributed by atoms with Gasteiger partial charge in [0.2, 0.25) is 5.91 Å². The van der Waals surface area contributed by atoms with Crippen molar-refractivity contribution in [2.24, 2.45) is 0 Å². The maximum absolute atomic E-state index is 13.3. The van der Waals surface area contributed by atoms with Gasteiger partial charge < -0.3 is 15.0 Å². The van der Waals surface area contributed by atoms with E-state index in [9.17, 15) is 4.79 Å². The van der Waals surface area contributed by atoms with Crippen LogP contribution in [0.1, 0.15) is 18.4 Å². The van der Waals surface area contributed by atoms with Gasteiger partial charge in [0.25, 0.3) is 0 Å². The number of piperazine rings is 1. The maximum atomic E-state index is 13.3. The molecule has 5 heteroatoms. The molecule has 1 unspecified atom stereocenters. The Labute approximate surface area is 148 Å². The third-order valence-corrected chi connectivity index (χ3v) is 5.17. The number of benzene rings is 1. The van der Waals surface area contributed by atoms with Crippen LogP contribution in [-0.2, 0) is 10.2 Å². The molecule has 2 aromatic rings. The summed E-state index contributed by atoms with van der Waals surface area (Å²) in [5.41, 5.74) is 0.830.